The van der Waals surface area contributed by atoms with E-state index in [0.29, 0.717) is 24.3 Å². The molecule has 2 N–H and O–H groups in total. The molecule has 2 rings (SSSR count). The first-order chi connectivity index (χ1) is 9.58. The van der Waals surface area contributed by atoms with Gasteiger partial charge in [0.2, 0.25) is 0 Å². The van der Waals surface area contributed by atoms with E-state index in [1.807, 2.05) is 6.07 Å². The van der Waals surface area contributed by atoms with Crippen LogP contribution in [0.3, 0.4) is 0 Å². The number of hydrogen-bond donors (Lipinski definition) is 1. The molecule has 1 saturated heterocycles. The van der Waals surface area contributed by atoms with Gasteiger partial charge in [-0.05, 0) is 63.4 Å². The summed E-state index contributed by atoms with van der Waals surface area (Å²) in [5, 5.41) is 0. The van der Waals surface area contributed by atoms with Gasteiger partial charge in [0.15, 0.2) is 11.6 Å². The highest BCUT2D eigenvalue weighted by molar-refractivity contribution is 5.31. The summed E-state index contributed by atoms with van der Waals surface area (Å²) in [4.78, 5) is 2.43. The third kappa shape index (κ3) is 2.96. The highest BCUT2D eigenvalue weighted by atomic mass is 19.1. The van der Waals surface area contributed by atoms with Crippen LogP contribution in [-0.4, -0.2) is 31.1 Å². The number of likely N-dealkylation sites (tertiary alicyclic amines) is 1. The van der Waals surface area contributed by atoms with Crippen LogP contribution in [0.2, 0.25) is 0 Å². The summed E-state index contributed by atoms with van der Waals surface area (Å²) in [5.41, 5.74) is 6.95. The molecule has 112 valence electrons. The van der Waals surface area contributed by atoms with Crippen molar-refractivity contribution in [1.82, 2.24) is 4.90 Å². The van der Waals surface area contributed by atoms with Gasteiger partial charge in [-0.25, -0.2) is 4.39 Å². The smallest absolute Gasteiger partial charge is 0.165 e. The molecule has 1 aliphatic heterocycles. The molecular formula is C16H25FN2O. The first kappa shape index (κ1) is 15.3. The molecule has 1 aromatic carbocycles. The predicted octanol–water partition coefficient (Wildman–Crippen LogP) is 2.95. The summed E-state index contributed by atoms with van der Waals surface area (Å²) in [6, 6.07) is 5.92. The molecule has 0 amide bonds. The Bertz CT molecular complexity index is 450. The van der Waals surface area contributed by atoms with Gasteiger partial charge in [0.05, 0.1) is 7.11 Å². The van der Waals surface area contributed by atoms with E-state index in [0.717, 1.165) is 24.9 Å². The van der Waals surface area contributed by atoms with Crippen LogP contribution in [0, 0.1) is 11.7 Å². The minimum Gasteiger partial charge on any atom is -0.494 e. The van der Waals surface area contributed by atoms with Gasteiger partial charge in [-0.3, -0.25) is 4.90 Å². The first-order valence-corrected chi connectivity index (χ1v) is 7.37. The second-order valence-electron chi connectivity index (χ2n) is 5.81. The van der Waals surface area contributed by atoms with Crippen LogP contribution >= 0.6 is 0 Å². The van der Waals surface area contributed by atoms with E-state index in [1.165, 1.54) is 7.11 Å². The topological polar surface area (TPSA) is 38.5 Å². The quantitative estimate of drug-likeness (QED) is 0.921. The van der Waals surface area contributed by atoms with Crippen molar-refractivity contribution in [3.8, 4) is 5.75 Å². The summed E-state index contributed by atoms with van der Waals surface area (Å²) in [5.74, 6) is 0.388. The normalized spacial score (nSPS) is 24.1. The van der Waals surface area contributed by atoms with Crippen LogP contribution in [0.25, 0.3) is 0 Å². The second-order valence-corrected chi connectivity index (χ2v) is 5.81. The largest absolute Gasteiger partial charge is 0.494 e. The average Bonchev–Trinajstić information content (AvgIpc) is 2.46. The Morgan fingerprint density at radius 3 is 2.75 bits per heavy atom. The van der Waals surface area contributed by atoms with Crippen molar-refractivity contribution < 1.29 is 9.13 Å². The zero-order valence-electron chi connectivity index (χ0n) is 12.6. The summed E-state index contributed by atoms with van der Waals surface area (Å²) in [6.45, 7) is 6.06. The number of benzene rings is 1. The Kier molecular flexibility index (Phi) is 5.00. The molecule has 3 nitrogen and oxygen atoms in total. The highest BCUT2D eigenvalue weighted by Crippen LogP contribution is 2.37. The van der Waals surface area contributed by atoms with Crippen molar-refractivity contribution in [3.05, 3.63) is 29.6 Å². The molecule has 0 radical (unpaired) electrons. The number of ether oxygens (including phenoxy) is 1. The van der Waals surface area contributed by atoms with E-state index in [2.05, 4.69) is 18.7 Å². The molecule has 2 unspecified atom stereocenters. The molecular weight excluding hydrogens is 255 g/mol. The Balaban J connectivity index is 2.35. The number of halogens is 1. The number of nitrogens with zero attached hydrogens (tertiary/aromatic N) is 1. The minimum absolute atomic E-state index is 0.203. The fourth-order valence-corrected chi connectivity index (χ4v) is 3.26. The lowest BCUT2D eigenvalue weighted by atomic mass is 9.84. The molecule has 0 spiro atoms. The number of hydrogen-bond acceptors (Lipinski definition) is 3. The lowest BCUT2D eigenvalue weighted by molar-refractivity contribution is 0.0663. The van der Waals surface area contributed by atoms with Crippen LogP contribution in [0.4, 0.5) is 4.39 Å². The lowest BCUT2D eigenvalue weighted by Gasteiger charge is -2.43. The van der Waals surface area contributed by atoms with E-state index < -0.39 is 0 Å². The predicted molar refractivity (Wildman–Crippen MR) is 79.3 cm³/mol. The van der Waals surface area contributed by atoms with Crippen LogP contribution in [0.1, 0.15) is 38.3 Å². The molecule has 1 aromatic rings. The number of methoxy groups -OCH3 is 1. The third-order valence-corrected chi connectivity index (χ3v) is 4.28. The summed E-state index contributed by atoms with van der Waals surface area (Å²) < 4.78 is 19.0. The molecule has 1 fully saturated rings. The number of rotatable bonds is 4. The zero-order valence-corrected chi connectivity index (χ0v) is 12.6. The SMILES string of the molecule is COc1ccc(C2C(CN)CCCN2C(C)C)cc1F. The standard InChI is InChI=1S/C16H25FN2O/c1-11(2)19-8-4-5-13(10-18)16(19)12-6-7-15(20-3)14(17)9-12/h6-7,9,11,13,16H,4-5,8,10,18H2,1-3H3. The van der Waals surface area contributed by atoms with Gasteiger partial charge in [0.25, 0.3) is 0 Å². The van der Waals surface area contributed by atoms with Gasteiger partial charge in [-0.2, -0.15) is 0 Å². The van der Waals surface area contributed by atoms with Gasteiger partial charge in [-0.1, -0.05) is 6.07 Å². The number of nitrogens with two attached hydrogens (primary N) is 1. The second kappa shape index (κ2) is 6.55. The highest BCUT2D eigenvalue weighted by Gasteiger charge is 2.33. The molecule has 0 aliphatic carbocycles. The lowest BCUT2D eigenvalue weighted by Crippen LogP contribution is -2.45. The van der Waals surface area contributed by atoms with Gasteiger partial charge in [0, 0.05) is 12.1 Å². The summed E-state index contributed by atoms with van der Waals surface area (Å²) >= 11 is 0. The third-order valence-electron chi connectivity index (χ3n) is 4.28. The van der Waals surface area contributed by atoms with Crippen molar-refractivity contribution >= 4 is 0 Å². The average molecular weight is 280 g/mol. The maximum atomic E-state index is 14.0. The van der Waals surface area contributed by atoms with Crippen molar-refractivity contribution in [1.29, 1.82) is 0 Å². The molecule has 4 heteroatoms. The maximum Gasteiger partial charge on any atom is 0.165 e. The number of piperidine rings is 1. The van der Waals surface area contributed by atoms with Crippen LogP contribution < -0.4 is 10.5 Å². The van der Waals surface area contributed by atoms with Crippen molar-refractivity contribution in [2.24, 2.45) is 11.7 Å². The van der Waals surface area contributed by atoms with E-state index in [-0.39, 0.29) is 11.9 Å². The Morgan fingerprint density at radius 2 is 2.20 bits per heavy atom. The molecule has 0 aromatic heterocycles. The van der Waals surface area contributed by atoms with Gasteiger partial charge in [0.1, 0.15) is 0 Å². The minimum atomic E-state index is -0.296. The van der Waals surface area contributed by atoms with Gasteiger partial charge in [-0.15, -0.1) is 0 Å². The molecule has 1 aliphatic rings. The zero-order chi connectivity index (χ0) is 14.7. The molecule has 2 atom stereocenters. The Labute approximate surface area is 120 Å². The fraction of sp³-hybridized carbons (Fsp3) is 0.625. The van der Waals surface area contributed by atoms with Crippen LogP contribution in [0.15, 0.2) is 18.2 Å². The molecule has 0 bridgehead atoms. The molecule has 20 heavy (non-hydrogen) atoms. The van der Waals surface area contributed by atoms with Crippen molar-refractivity contribution in [2.45, 2.75) is 38.8 Å². The van der Waals surface area contributed by atoms with E-state index in [1.54, 1.807) is 12.1 Å². The van der Waals surface area contributed by atoms with Crippen LogP contribution in [0.5, 0.6) is 5.75 Å². The summed E-state index contributed by atoms with van der Waals surface area (Å²) in [7, 11) is 1.49. The fourth-order valence-electron chi connectivity index (χ4n) is 3.26. The van der Waals surface area contributed by atoms with E-state index in [4.69, 9.17) is 10.5 Å². The van der Waals surface area contributed by atoms with Crippen molar-refractivity contribution in [3.63, 3.8) is 0 Å². The molecule has 0 saturated carbocycles. The van der Waals surface area contributed by atoms with Crippen molar-refractivity contribution in [2.75, 3.05) is 20.2 Å². The molecule has 1 heterocycles. The maximum absolute atomic E-state index is 14.0. The summed E-state index contributed by atoms with van der Waals surface area (Å²) in [6.07, 6.45) is 2.27. The van der Waals surface area contributed by atoms with Crippen LogP contribution in [-0.2, 0) is 0 Å². The first-order valence-electron chi connectivity index (χ1n) is 7.37. The Morgan fingerprint density at radius 1 is 1.45 bits per heavy atom. The van der Waals surface area contributed by atoms with Gasteiger partial charge >= 0.3 is 0 Å². The van der Waals surface area contributed by atoms with E-state index in [9.17, 15) is 4.39 Å². The van der Waals surface area contributed by atoms with E-state index >= 15 is 0 Å². The van der Waals surface area contributed by atoms with Gasteiger partial charge < -0.3 is 10.5 Å². The Hall–Kier alpha value is -1.13. The monoisotopic (exact) mass is 280 g/mol.